The number of nitrogens with zero attached hydrogens (tertiary/aromatic N) is 1. The number of nitrogens with one attached hydrogen (secondary N) is 1. The van der Waals surface area contributed by atoms with Gasteiger partial charge in [-0.2, -0.15) is 0 Å². The van der Waals surface area contributed by atoms with Crippen molar-refractivity contribution in [3.8, 4) is 0 Å². The van der Waals surface area contributed by atoms with Gasteiger partial charge in [-0.3, -0.25) is 4.79 Å². The molecule has 2 aliphatic rings. The molecule has 0 aromatic heterocycles. The zero-order valence-corrected chi connectivity index (χ0v) is 11.7. The Morgan fingerprint density at radius 3 is 2.32 bits per heavy atom. The Morgan fingerprint density at radius 1 is 1.11 bits per heavy atom. The van der Waals surface area contributed by atoms with Crippen LogP contribution in [0, 0.1) is 11.8 Å². The molecule has 2 fully saturated rings. The molecule has 1 heterocycles. The molecular formula is C14H25N3O2. The molecule has 1 saturated carbocycles. The number of carbonyl (C=O) groups is 2. The number of piperidine rings is 1. The van der Waals surface area contributed by atoms with Gasteiger partial charge in [-0.05, 0) is 31.6 Å². The van der Waals surface area contributed by atoms with Gasteiger partial charge in [-0.1, -0.05) is 19.8 Å². The Hall–Kier alpha value is -1.26. The highest BCUT2D eigenvalue weighted by Gasteiger charge is 2.29. The molecule has 1 saturated heterocycles. The van der Waals surface area contributed by atoms with E-state index in [1.54, 1.807) is 4.90 Å². The van der Waals surface area contributed by atoms with E-state index in [1.807, 2.05) is 0 Å². The van der Waals surface area contributed by atoms with Crippen molar-refractivity contribution in [2.75, 3.05) is 13.1 Å². The second-order valence-electron chi connectivity index (χ2n) is 5.98. The Labute approximate surface area is 114 Å². The number of nitrogens with two attached hydrogens (primary N) is 1. The van der Waals surface area contributed by atoms with Crippen LogP contribution in [0.5, 0.6) is 0 Å². The lowest BCUT2D eigenvalue weighted by Crippen LogP contribution is -2.48. The summed E-state index contributed by atoms with van der Waals surface area (Å²) in [6.07, 6.45) is 6.28. The number of likely N-dealkylation sites (tertiary alicyclic amines) is 1. The van der Waals surface area contributed by atoms with E-state index in [0.29, 0.717) is 25.0 Å². The van der Waals surface area contributed by atoms with Crippen molar-refractivity contribution in [2.45, 2.75) is 51.5 Å². The number of urea groups is 1. The first-order valence-corrected chi connectivity index (χ1v) is 7.42. The van der Waals surface area contributed by atoms with Gasteiger partial charge in [0.1, 0.15) is 0 Å². The molecule has 0 unspecified atom stereocenters. The van der Waals surface area contributed by atoms with Crippen molar-refractivity contribution >= 4 is 11.9 Å². The minimum atomic E-state index is -0.375. The third-order valence-electron chi connectivity index (χ3n) is 4.62. The Balaban J connectivity index is 1.79. The lowest BCUT2D eigenvalue weighted by atomic mass is 9.85. The van der Waals surface area contributed by atoms with E-state index in [-0.39, 0.29) is 17.9 Å². The predicted octanol–water partition coefficient (Wildman–Crippen LogP) is 1.47. The first-order valence-electron chi connectivity index (χ1n) is 7.42. The van der Waals surface area contributed by atoms with Crippen LogP contribution in [0.25, 0.3) is 0 Å². The molecule has 19 heavy (non-hydrogen) atoms. The SMILES string of the molecule is C[C@H]1CCCC[C@H]1NC(=O)C1CCN(C(N)=O)CC1. The largest absolute Gasteiger partial charge is 0.353 e. The van der Waals surface area contributed by atoms with E-state index < -0.39 is 0 Å². The van der Waals surface area contributed by atoms with Gasteiger partial charge < -0.3 is 16.0 Å². The molecule has 108 valence electrons. The molecule has 0 aromatic carbocycles. The minimum absolute atomic E-state index is 0.0460. The maximum Gasteiger partial charge on any atom is 0.314 e. The molecule has 2 atom stereocenters. The van der Waals surface area contributed by atoms with Crippen LogP contribution in [-0.2, 0) is 4.79 Å². The normalized spacial score (nSPS) is 29.0. The summed E-state index contributed by atoms with van der Waals surface area (Å²) in [5.74, 6) is 0.802. The Bertz CT molecular complexity index is 338. The van der Waals surface area contributed by atoms with Crippen molar-refractivity contribution in [1.29, 1.82) is 0 Å². The van der Waals surface area contributed by atoms with Crippen LogP contribution in [0.2, 0.25) is 0 Å². The van der Waals surface area contributed by atoms with Crippen LogP contribution in [-0.4, -0.2) is 36.0 Å². The standard InChI is InChI=1S/C14H25N3O2/c1-10-4-2-3-5-12(10)16-13(18)11-6-8-17(9-7-11)14(15)19/h10-12H,2-9H2,1H3,(H2,15,19)(H,16,18)/t10-,12+/m0/s1. The first-order chi connectivity index (χ1) is 9.08. The van der Waals surface area contributed by atoms with Gasteiger partial charge in [0.15, 0.2) is 0 Å². The average molecular weight is 267 g/mol. The molecule has 3 N–H and O–H groups in total. The van der Waals surface area contributed by atoms with Crippen molar-refractivity contribution in [3.63, 3.8) is 0 Å². The molecule has 0 radical (unpaired) electrons. The summed E-state index contributed by atoms with van der Waals surface area (Å²) in [5.41, 5.74) is 5.24. The average Bonchev–Trinajstić information content (AvgIpc) is 2.41. The number of amides is 3. The van der Waals surface area contributed by atoms with Crippen LogP contribution < -0.4 is 11.1 Å². The summed E-state index contributed by atoms with van der Waals surface area (Å²) in [6.45, 7) is 3.43. The van der Waals surface area contributed by atoms with Crippen LogP contribution >= 0.6 is 0 Å². The summed E-state index contributed by atoms with van der Waals surface area (Å²) < 4.78 is 0. The quantitative estimate of drug-likeness (QED) is 0.795. The van der Waals surface area contributed by atoms with Gasteiger partial charge in [0.25, 0.3) is 0 Å². The monoisotopic (exact) mass is 267 g/mol. The maximum atomic E-state index is 12.2. The molecule has 0 aromatic rings. The predicted molar refractivity (Wildman–Crippen MR) is 73.4 cm³/mol. The molecule has 0 bridgehead atoms. The number of hydrogen-bond acceptors (Lipinski definition) is 2. The smallest absolute Gasteiger partial charge is 0.314 e. The van der Waals surface area contributed by atoms with Crippen molar-refractivity contribution in [2.24, 2.45) is 17.6 Å². The highest BCUT2D eigenvalue weighted by molar-refractivity contribution is 5.79. The molecule has 5 nitrogen and oxygen atoms in total. The summed E-state index contributed by atoms with van der Waals surface area (Å²) >= 11 is 0. The van der Waals surface area contributed by atoms with Crippen LogP contribution in [0.1, 0.15) is 45.4 Å². The molecule has 2 rings (SSSR count). The van der Waals surface area contributed by atoms with Gasteiger partial charge in [0.2, 0.25) is 5.91 Å². The van der Waals surface area contributed by atoms with Gasteiger partial charge in [-0.15, -0.1) is 0 Å². The minimum Gasteiger partial charge on any atom is -0.353 e. The third kappa shape index (κ3) is 3.61. The summed E-state index contributed by atoms with van der Waals surface area (Å²) in [5, 5.41) is 3.21. The van der Waals surface area contributed by atoms with Crippen molar-refractivity contribution < 1.29 is 9.59 Å². The zero-order chi connectivity index (χ0) is 13.8. The summed E-state index contributed by atoms with van der Waals surface area (Å²) in [7, 11) is 0. The summed E-state index contributed by atoms with van der Waals surface area (Å²) in [4.78, 5) is 24.9. The lowest BCUT2D eigenvalue weighted by molar-refractivity contribution is -0.127. The highest BCUT2D eigenvalue weighted by atomic mass is 16.2. The fourth-order valence-electron chi connectivity index (χ4n) is 3.19. The lowest BCUT2D eigenvalue weighted by Gasteiger charge is -2.33. The number of carbonyl (C=O) groups excluding carboxylic acids is 2. The topological polar surface area (TPSA) is 75.4 Å². The number of hydrogen-bond donors (Lipinski definition) is 2. The second-order valence-corrected chi connectivity index (χ2v) is 5.98. The van der Waals surface area contributed by atoms with E-state index in [2.05, 4.69) is 12.2 Å². The van der Waals surface area contributed by atoms with E-state index in [1.165, 1.54) is 19.3 Å². The third-order valence-corrected chi connectivity index (χ3v) is 4.62. The molecule has 1 aliphatic carbocycles. The molecule has 3 amide bonds. The van der Waals surface area contributed by atoms with Crippen LogP contribution in [0.15, 0.2) is 0 Å². The fraction of sp³-hybridized carbons (Fsp3) is 0.857. The highest BCUT2D eigenvalue weighted by Crippen LogP contribution is 2.25. The number of primary amides is 1. The van der Waals surface area contributed by atoms with E-state index >= 15 is 0 Å². The Kier molecular flexibility index (Phi) is 4.66. The molecule has 5 heteroatoms. The van der Waals surface area contributed by atoms with E-state index in [4.69, 9.17) is 5.73 Å². The van der Waals surface area contributed by atoms with Crippen LogP contribution in [0.3, 0.4) is 0 Å². The van der Waals surface area contributed by atoms with Gasteiger partial charge in [0, 0.05) is 25.0 Å². The van der Waals surface area contributed by atoms with E-state index in [9.17, 15) is 9.59 Å². The second kappa shape index (κ2) is 6.26. The molecular weight excluding hydrogens is 242 g/mol. The van der Waals surface area contributed by atoms with Crippen molar-refractivity contribution in [3.05, 3.63) is 0 Å². The summed E-state index contributed by atoms with van der Waals surface area (Å²) in [6, 6.07) is -0.0322. The Morgan fingerprint density at radius 2 is 1.74 bits per heavy atom. The fourth-order valence-corrected chi connectivity index (χ4v) is 3.19. The number of rotatable bonds is 2. The van der Waals surface area contributed by atoms with Crippen LogP contribution in [0.4, 0.5) is 4.79 Å². The zero-order valence-electron chi connectivity index (χ0n) is 11.7. The molecule has 0 spiro atoms. The van der Waals surface area contributed by atoms with Gasteiger partial charge in [0.05, 0.1) is 0 Å². The van der Waals surface area contributed by atoms with Gasteiger partial charge >= 0.3 is 6.03 Å². The maximum absolute atomic E-state index is 12.2. The van der Waals surface area contributed by atoms with E-state index in [0.717, 1.165) is 19.3 Å². The van der Waals surface area contributed by atoms with Crippen molar-refractivity contribution in [1.82, 2.24) is 10.2 Å². The first kappa shape index (κ1) is 14.2. The molecule has 1 aliphatic heterocycles. The van der Waals surface area contributed by atoms with Gasteiger partial charge in [-0.25, -0.2) is 4.79 Å².